The third kappa shape index (κ3) is 2.73. The minimum atomic E-state index is -0.869. The molecule has 0 amide bonds. The van der Waals surface area contributed by atoms with Crippen LogP contribution in [-0.4, -0.2) is 45.7 Å². The highest BCUT2D eigenvalue weighted by Crippen LogP contribution is 2.69. The van der Waals surface area contributed by atoms with Crippen LogP contribution in [0.1, 0.15) is 80.1 Å². The number of carboxylic acid groups (broad SMARTS) is 1. The molecule has 4 aliphatic heterocycles. The smallest absolute Gasteiger partial charge is 0.308 e. The van der Waals surface area contributed by atoms with Gasteiger partial charge in [-0.15, -0.1) is 0 Å². The summed E-state index contributed by atoms with van der Waals surface area (Å²) in [5.74, 6) is -1.06. The van der Waals surface area contributed by atoms with E-state index in [0.29, 0.717) is 18.8 Å². The van der Waals surface area contributed by atoms with Gasteiger partial charge in [-0.1, -0.05) is 13.8 Å². The van der Waals surface area contributed by atoms with Gasteiger partial charge < -0.3 is 9.84 Å². The summed E-state index contributed by atoms with van der Waals surface area (Å²) in [6.07, 6.45) is 6.57. The Hall–Kier alpha value is -0.990. The van der Waals surface area contributed by atoms with E-state index in [1.807, 2.05) is 6.92 Å². The van der Waals surface area contributed by atoms with Crippen molar-refractivity contribution in [3.63, 3.8) is 0 Å². The monoisotopic (exact) mass is 436 g/mol. The molecule has 9 unspecified atom stereocenters. The van der Waals surface area contributed by atoms with Crippen molar-refractivity contribution in [3.8, 4) is 0 Å². The molecule has 174 valence electrons. The molecule has 31 heavy (non-hydrogen) atoms. The highest BCUT2D eigenvalue weighted by Gasteiger charge is 2.75. The van der Waals surface area contributed by atoms with Crippen LogP contribution in [0.3, 0.4) is 0 Å². The van der Waals surface area contributed by atoms with Crippen LogP contribution in [0.4, 0.5) is 0 Å². The Kier molecular flexibility index (Phi) is 4.60. The van der Waals surface area contributed by atoms with Crippen LogP contribution in [0.15, 0.2) is 11.6 Å². The maximum absolute atomic E-state index is 11.3. The number of hydrogen-bond acceptors (Lipinski definition) is 6. The van der Waals surface area contributed by atoms with Crippen molar-refractivity contribution in [2.24, 2.45) is 17.3 Å². The van der Waals surface area contributed by atoms with Crippen LogP contribution in [0.25, 0.3) is 0 Å². The van der Waals surface area contributed by atoms with Gasteiger partial charge in [-0.3, -0.25) is 4.79 Å². The summed E-state index contributed by atoms with van der Waals surface area (Å²) < 4.78 is 6.97. The predicted octanol–water partition coefficient (Wildman–Crippen LogP) is 4.35. The molecule has 2 bridgehead atoms. The average Bonchev–Trinajstić information content (AvgIpc) is 3.03. The molecule has 6 rings (SSSR count). The Morgan fingerprint density at radius 2 is 1.87 bits per heavy atom. The highest BCUT2D eigenvalue weighted by molar-refractivity contribution is 5.70. The first-order valence-electron chi connectivity index (χ1n) is 11.7. The Labute approximate surface area is 184 Å². The minimum absolute atomic E-state index is 0.124. The topological polar surface area (TPSA) is 83.5 Å². The second-order valence-corrected chi connectivity index (χ2v) is 11.5. The van der Waals surface area contributed by atoms with Crippen LogP contribution in [0.2, 0.25) is 0 Å². The molecule has 6 aliphatic rings. The van der Waals surface area contributed by atoms with Crippen molar-refractivity contribution in [3.05, 3.63) is 11.6 Å². The van der Waals surface area contributed by atoms with Crippen LogP contribution in [0.5, 0.6) is 0 Å². The van der Waals surface area contributed by atoms with E-state index in [1.165, 1.54) is 5.57 Å². The van der Waals surface area contributed by atoms with E-state index in [-0.39, 0.29) is 17.1 Å². The summed E-state index contributed by atoms with van der Waals surface area (Å²) in [5, 5.41) is 9.31. The molecule has 4 fully saturated rings. The number of aliphatic carboxylic acids is 1. The van der Waals surface area contributed by atoms with Crippen molar-refractivity contribution in [1.29, 1.82) is 0 Å². The fraction of sp³-hybridized carbons (Fsp3) is 0.875. The van der Waals surface area contributed by atoms with E-state index in [4.69, 9.17) is 24.3 Å². The van der Waals surface area contributed by atoms with Gasteiger partial charge in [0.2, 0.25) is 0 Å². The second-order valence-electron chi connectivity index (χ2n) is 11.5. The van der Waals surface area contributed by atoms with Gasteiger partial charge >= 0.3 is 5.97 Å². The van der Waals surface area contributed by atoms with Crippen LogP contribution < -0.4 is 0 Å². The first kappa shape index (κ1) is 21.8. The zero-order valence-electron chi connectivity index (χ0n) is 19.5. The van der Waals surface area contributed by atoms with Gasteiger partial charge in [-0.05, 0) is 83.8 Å². The molecule has 4 heterocycles. The van der Waals surface area contributed by atoms with E-state index in [9.17, 15) is 9.90 Å². The van der Waals surface area contributed by atoms with Gasteiger partial charge in [-0.25, -0.2) is 19.6 Å². The molecule has 0 radical (unpaired) electrons. The van der Waals surface area contributed by atoms with E-state index >= 15 is 0 Å². The number of hydrogen-bond donors (Lipinski definition) is 1. The number of ether oxygens (including phenoxy) is 1. The average molecular weight is 437 g/mol. The number of fused-ring (bicyclic) bond motifs is 3. The largest absolute Gasteiger partial charge is 0.481 e. The SMILES string of the molecule is CC(C(=O)O)C1CCC(C)(C2CC3(C)C(C)CC4=CC5(C)CCC4(OO5)C3(C)O2)OO1. The van der Waals surface area contributed by atoms with Crippen LogP contribution in [0, 0.1) is 17.3 Å². The lowest BCUT2D eigenvalue weighted by molar-refractivity contribution is -0.467. The molecule has 7 nitrogen and oxygen atoms in total. The normalized spacial score (nSPS) is 54.6. The maximum atomic E-state index is 11.3. The first-order chi connectivity index (χ1) is 14.4. The van der Waals surface area contributed by atoms with Gasteiger partial charge in [0.25, 0.3) is 0 Å². The summed E-state index contributed by atoms with van der Waals surface area (Å²) in [7, 11) is 0. The van der Waals surface area contributed by atoms with Gasteiger partial charge in [0.1, 0.15) is 22.9 Å². The Balaban J connectivity index is 1.44. The lowest BCUT2D eigenvalue weighted by Crippen LogP contribution is -2.71. The number of carbonyl (C=O) groups is 1. The van der Waals surface area contributed by atoms with E-state index in [1.54, 1.807) is 6.92 Å². The lowest BCUT2D eigenvalue weighted by atomic mass is 9.49. The number of carboxylic acids is 1. The molecule has 1 saturated carbocycles. The third-order valence-corrected chi connectivity index (χ3v) is 9.72. The molecule has 0 aromatic rings. The molecule has 2 aliphatic carbocycles. The molecule has 0 aromatic carbocycles. The Morgan fingerprint density at radius 1 is 1.13 bits per heavy atom. The van der Waals surface area contributed by atoms with Crippen molar-refractivity contribution in [2.75, 3.05) is 0 Å². The summed E-state index contributed by atoms with van der Waals surface area (Å²) in [6.45, 7) is 12.6. The van der Waals surface area contributed by atoms with Gasteiger partial charge in [0.05, 0.1) is 12.0 Å². The van der Waals surface area contributed by atoms with Crippen molar-refractivity contribution in [2.45, 2.75) is 115 Å². The van der Waals surface area contributed by atoms with Crippen molar-refractivity contribution in [1.82, 2.24) is 0 Å². The molecule has 1 N–H and O–H groups in total. The molecule has 1 spiro atoms. The summed E-state index contributed by atoms with van der Waals surface area (Å²) in [4.78, 5) is 35.0. The predicted molar refractivity (Wildman–Crippen MR) is 111 cm³/mol. The maximum Gasteiger partial charge on any atom is 0.308 e. The molecular formula is C24H36O7. The minimum Gasteiger partial charge on any atom is -0.481 e. The van der Waals surface area contributed by atoms with E-state index in [0.717, 1.165) is 25.7 Å². The molecule has 9 atom stereocenters. The molecule has 0 aromatic heterocycles. The fourth-order valence-electron chi connectivity index (χ4n) is 6.88. The fourth-order valence-corrected chi connectivity index (χ4v) is 6.88. The Bertz CT molecular complexity index is 805. The Morgan fingerprint density at radius 3 is 2.45 bits per heavy atom. The standard InChI is InChI=1S/C24H36O7/c1-14-11-16-12-20(3)9-10-24(16,31-29-20)23(6)21(14,4)13-18(27-23)22(5)8-7-17(28-30-22)15(2)19(25)26/h12,14-15,17-18H,7-11,13H2,1-6H3,(H,25,26). The zero-order chi connectivity index (χ0) is 22.4. The quantitative estimate of drug-likeness (QED) is 0.520. The molecule has 7 heteroatoms. The first-order valence-corrected chi connectivity index (χ1v) is 11.7. The third-order valence-electron chi connectivity index (χ3n) is 9.72. The zero-order valence-corrected chi connectivity index (χ0v) is 19.5. The van der Waals surface area contributed by atoms with Gasteiger partial charge in [-0.2, -0.15) is 0 Å². The van der Waals surface area contributed by atoms with Crippen LogP contribution >= 0.6 is 0 Å². The van der Waals surface area contributed by atoms with Gasteiger partial charge in [0, 0.05) is 5.41 Å². The summed E-state index contributed by atoms with van der Waals surface area (Å²) in [5.41, 5.74) is -0.943. The van der Waals surface area contributed by atoms with Crippen LogP contribution in [-0.2, 0) is 29.1 Å². The molecule has 3 saturated heterocycles. The highest BCUT2D eigenvalue weighted by atomic mass is 17.2. The number of rotatable bonds is 3. The van der Waals surface area contributed by atoms with Crippen molar-refractivity contribution < 1.29 is 34.2 Å². The van der Waals surface area contributed by atoms with Crippen molar-refractivity contribution >= 4 is 5.97 Å². The van der Waals surface area contributed by atoms with E-state index in [2.05, 4.69) is 33.8 Å². The van der Waals surface area contributed by atoms with E-state index < -0.39 is 34.8 Å². The van der Waals surface area contributed by atoms with Gasteiger partial charge in [0.15, 0.2) is 5.60 Å². The summed E-state index contributed by atoms with van der Waals surface area (Å²) >= 11 is 0. The summed E-state index contributed by atoms with van der Waals surface area (Å²) in [6, 6.07) is 0. The molecular weight excluding hydrogens is 400 g/mol. The second kappa shape index (κ2) is 6.54. The lowest BCUT2D eigenvalue weighted by Gasteiger charge is -2.63.